The molecule has 0 bridgehead atoms. The van der Waals surface area contributed by atoms with Crippen molar-refractivity contribution in [3.8, 4) is 0 Å². The van der Waals surface area contributed by atoms with Gasteiger partial charge in [-0.1, -0.05) is 0 Å². The summed E-state index contributed by atoms with van der Waals surface area (Å²) in [6, 6.07) is 4.06. The first kappa shape index (κ1) is 21.4. The zero-order valence-corrected chi connectivity index (χ0v) is 17.1. The first-order valence-corrected chi connectivity index (χ1v) is 10.8. The van der Waals surface area contributed by atoms with Crippen LogP contribution in [0.25, 0.3) is 0 Å². The van der Waals surface area contributed by atoms with Gasteiger partial charge >= 0.3 is 0 Å². The average Bonchev–Trinajstić information content (AvgIpc) is 2.74. The number of carbonyl (C=O) groups excluding carboxylic acids is 1. The highest BCUT2D eigenvalue weighted by atomic mass is 32.2. The van der Waals surface area contributed by atoms with E-state index in [0.717, 1.165) is 6.07 Å². The minimum absolute atomic E-state index is 0.0814. The summed E-state index contributed by atoms with van der Waals surface area (Å²) in [5.41, 5.74) is 0.148. The fourth-order valence-corrected chi connectivity index (χ4v) is 4.87. The number of likely N-dealkylation sites (N-methyl/N-ethyl adjacent to an activating group) is 1. The Hall–Kier alpha value is -2.28. The van der Waals surface area contributed by atoms with Gasteiger partial charge in [0.15, 0.2) is 0 Å². The standard InChI is InChI=1S/C17H25N5O6S/c1-18-17(23)13-19-4-6-20(7-5-19)15-3-2-14(12-16(15)22(24)25)29(26,27)21-8-10-28-11-9-21/h2-3,12H,4-11,13H2,1H3,(H,18,23). The molecule has 0 atom stereocenters. The van der Waals surface area contributed by atoms with E-state index < -0.39 is 14.9 Å². The molecule has 2 saturated heterocycles. The summed E-state index contributed by atoms with van der Waals surface area (Å²) >= 11 is 0. The minimum Gasteiger partial charge on any atom is -0.379 e. The Balaban J connectivity index is 1.79. The number of anilines is 1. The van der Waals surface area contributed by atoms with E-state index in [9.17, 15) is 23.3 Å². The van der Waals surface area contributed by atoms with Crippen molar-refractivity contribution in [3.05, 3.63) is 28.3 Å². The second-order valence-corrected chi connectivity index (χ2v) is 8.80. The number of nitrogens with zero attached hydrogens (tertiary/aromatic N) is 4. The van der Waals surface area contributed by atoms with E-state index in [1.165, 1.54) is 16.4 Å². The fraction of sp³-hybridized carbons (Fsp3) is 0.588. The maximum Gasteiger partial charge on any atom is 0.293 e. The molecule has 0 unspecified atom stereocenters. The molecule has 0 aliphatic carbocycles. The van der Waals surface area contributed by atoms with Gasteiger partial charge in [0.2, 0.25) is 15.9 Å². The largest absolute Gasteiger partial charge is 0.379 e. The van der Waals surface area contributed by atoms with Gasteiger partial charge in [-0.25, -0.2) is 8.42 Å². The highest BCUT2D eigenvalue weighted by Gasteiger charge is 2.30. The Bertz CT molecular complexity index is 863. The van der Waals surface area contributed by atoms with Gasteiger partial charge in [-0.15, -0.1) is 0 Å². The summed E-state index contributed by atoms with van der Waals surface area (Å²) in [5.74, 6) is -0.0814. The molecule has 2 aliphatic rings. The molecule has 2 fully saturated rings. The number of amides is 1. The number of piperazine rings is 1. The lowest BCUT2D eigenvalue weighted by atomic mass is 10.2. The third-order valence-corrected chi connectivity index (χ3v) is 7.01. The number of sulfonamides is 1. The van der Waals surface area contributed by atoms with Gasteiger partial charge in [0, 0.05) is 52.4 Å². The van der Waals surface area contributed by atoms with E-state index in [1.807, 2.05) is 9.80 Å². The molecule has 1 amide bonds. The molecule has 1 N–H and O–H groups in total. The third kappa shape index (κ3) is 4.83. The van der Waals surface area contributed by atoms with Crippen molar-refractivity contribution in [2.24, 2.45) is 0 Å². The SMILES string of the molecule is CNC(=O)CN1CCN(c2ccc(S(=O)(=O)N3CCOCC3)cc2[N+](=O)[O-])CC1. The molecule has 2 aliphatic heterocycles. The fourth-order valence-electron chi connectivity index (χ4n) is 3.44. The molecule has 0 spiro atoms. The Kier molecular flexibility index (Phi) is 6.67. The van der Waals surface area contributed by atoms with Crippen LogP contribution in [0.5, 0.6) is 0 Å². The van der Waals surface area contributed by atoms with Gasteiger partial charge < -0.3 is 15.0 Å². The topological polar surface area (TPSA) is 125 Å². The molecule has 2 heterocycles. The number of carbonyl (C=O) groups is 1. The Morgan fingerprint density at radius 1 is 1.17 bits per heavy atom. The van der Waals surface area contributed by atoms with E-state index in [4.69, 9.17) is 4.74 Å². The molecule has 29 heavy (non-hydrogen) atoms. The molecule has 3 rings (SSSR count). The summed E-state index contributed by atoms with van der Waals surface area (Å²) in [6.07, 6.45) is 0. The summed E-state index contributed by atoms with van der Waals surface area (Å²) < 4.78 is 32.1. The maximum atomic E-state index is 12.8. The van der Waals surface area contributed by atoms with Gasteiger partial charge in [-0.05, 0) is 12.1 Å². The number of nitro groups is 1. The first-order chi connectivity index (χ1) is 13.8. The molecular weight excluding hydrogens is 402 g/mol. The second kappa shape index (κ2) is 9.03. The summed E-state index contributed by atoms with van der Waals surface area (Å²) in [7, 11) is -2.24. The predicted molar refractivity (Wildman–Crippen MR) is 105 cm³/mol. The molecule has 12 heteroatoms. The normalized spacial score (nSPS) is 19.1. The van der Waals surface area contributed by atoms with E-state index in [1.54, 1.807) is 7.05 Å². The van der Waals surface area contributed by atoms with Crippen LogP contribution in [-0.2, 0) is 19.6 Å². The number of hydrogen-bond donors (Lipinski definition) is 1. The summed E-state index contributed by atoms with van der Waals surface area (Å²) in [5, 5.41) is 14.2. The highest BCUT2D eigenvalue weighted by molar-refractivity contribution is 7.89. The second-order valence-electron chi connectivity index (χ2n) is 6.86. The number of benzene rings is 1. The molecular formula is C17H25N5O6S. The van der Waals surface area contributed by atoms with Crippen LogP contribution in [0.3, 0.4) is 0 Å². The van der Waals surface area contributed by atoms with Crippen molar-refractivity contribution in [3.63, 3.8) is 0 Å². The Labute approximate surface area is 169 Å². The van der Waals surface area contributed by atoms with Crippen LogP contribution in [0.1, 0.15) is 0 Å². The van der Waals surface area contributed by atoms with Gasteiger partial charge in [0.05, 0.1) is 29.6 Å². The quantitative estimate of drug-likeness (QED) is 0.475. The van der Waals surface area contributed by atoms with E-state index in [-0.39, 0.29) is 36.1 Å². The lowest BCUT2D eigenvalue weighted by Crippen LogP contribution is -2.49. The van der Waals surface area contributed by atoms with Crippen molar-refractivity contribution in [2.45, 2.75) is 4.90 Å². The number of nitro benzene ring substituents is 1. The first-order valence-electron chi connectivity index (χ1n) is 9.37. The average molecular weight is 427 g/mol. The van der Waals surface area contributed by atoms with Crippen LogP contribution in [0.15, 0.2) is 23.1 Å². The molecule has 1 aromatic carbocycles. The highest BCUT2D eigenvalue weighted by Crippen LogP contribution is 2.32. The van der Waals surface area contributed by atoms with Crippen LogP contribution in [0.2, 0.25) is 0 Å². The van der Waals surface area contributed by atoms with E-state index in [0.29, 0.717) is 45.1 Å². The number of ether oxygens (including phenoxy) is 1. The Morgan fingerprint density at radius 2 is 1.83 bits per heavy atom. The molecule has 11 nitrogen and oxygen atoms in total. The van der Waals surface area contributed by atoms with Crippen molar-refractivity contribution in [1.29, 1.82) is 0 Å². The minimum atomic E-state index is -3.81. The van der Waals surface area contributed by atoms with Gasteiger partial charge in [0.25, 0.3) is 5.69 Å². The summed E-state index contributed by atoms with van der Waals surface area (Å²) in [4.78, 5) is 26.3. The van der Waals surface area contributed by atoms with Crippen LogP contribution in [-0.4, -0.2) is 94.5 Å². The van der Waals surface area contributed by atoms with Crippen molar-refractivity contribution in [2.75, 3.05) is 71.0 Å². The molecule has 0 radical (unpaired) electrons. The van der Waals surface area contributed by atoms with Crippen molar-refractivity contribution >= 4 is 27.3 Å². The smallest absolute Gasteiger partial charge is 0.293 e. The van der Waals surface area contributed by atoms with Crippen LogP contribution in [0.4, 0.5) is 11.4 Å². The predicted octanol–water partition coefficient (Wildman–Crippen LogP) is -0.516. The number of hydrogen-bond acceptors (Lipinski definition) is 8. The van der Waals surface area contributed by atoms with Crippen LogP contribution >= 0.6 is 0 Å². The Morgan fingerprint density at radius 3 is 2.41 bits per heavy atom. The number of nitrogens with one attached hydrogen (secondary N) is 1. The maximum absolute atomic E-state index is 12.8. The molecule has 0 aromatic heterocycles. The van der Waals surface area contributed by atoms with Gasteiger partial charge in [-0.3, -0.25) is 19.8 Å². The zero-order valence-electron chi connectivity index (χ0n) is 16.2. The van der Waals surface area contributed by atoms with Gasteiger partial charge in [0.1, 0.15) is 5.69 Å². The van der Waals surface area contributed by atoms with Crippen molar-refractivity contribution < 1.29 is 22.9 Å². The molecule has 160 valence electrons. The summed E-state index contributed by atoms with van der Waals surface area (Å²) in [6.45, 7) is 3.52. The van der Waals surface area contributed by atoms with E-state index in [2.05, 4.69) is 5.32 Å². The van der Waals surface area contributed by atoms with Gasteiger partial charge in [-0.2, -0.15) is 4.31 Å². The lowest BCUT2D eigenvalue weighted by Gasteiger charge is -2.35. The molecule has 1 aromatic rings. The van der Waals surface area contributed by atoms with Crippen LogP contribution < -0.4 is 10.2 Å². The lowest BCUT2D eigenvalue weighted by molar-refractivity contribution is -0.384. The number of rotatable bonds is 6. The van der Waals surface area contributed by atoms with Crippen LogP contribution in [0, 0.1) is 10.1 Å². The monoisotopic (exact) mass is 427 g/mol. The molecule has 0 saturated carbocycles. The zero-order chi connectivity index (χ0) is 21.0. The van der Waals surface area contributed by atoms with Crippen molar-refractivity contribution in [1.82, 2.24) is 14.5 Å². The third-order valence-electron chi connectivity index (χ3n) is 5.11. The van der Waals surface area contributed by atoms with E-state index >= 15 is 0 Å². The number of morpholine rings is 1.